The fourth-order valence-electron chi connectivity index (χ4n) is 9.72. The molecule has 57 heavy (non-hydrogen) atoms. The van der Waals surface area contributed by atoms with Crippen LogP contribution in [0, 0.1) is 19.7 Å². The van der Waals surface area contributed by atoms with Gasteiger partial charge in [-0.25, -0.2) is 4.39 Å². The number of amides is 1. The maximum absolute atomic E-state index is 15.4. The smallest absolute Gasteiger partial charge is 0.227 e. The van der Waals surface area contributed by atoms with Crippen molar-refractivity contribution in [3.8, 4) is 17.0 Å². The van der Waals surface area contributed by atoms with E-state index in [4.69, 9.17) is 16.1 Å². The van der Waals surface area contributed by atoms with E-state index >= 15 is 4.39 Å². The van der Waals surface area contributed by atoms with E-state index in [1.54, 1.807) is 12.1 Å². The molecule has 1 aromatic heterocycles. The number of likely N-dealkylation sites (tertiary alicyclic amines) is 1. The number of aryl methyl sites for hydroxylation is 1. The zero-order chi connectivity index (χ0) is 39.7. The molecule has 1 unspecified atom stereocenters. The molecule has 4 aromatic rings. The zero-order valence-electron chi connectivity index (χ0n) is 34.6. The van der Waals surface area contributed by atoms with Crippen LogP contribution in [0.5, 0.6) is 5.75 Å². The molecular formula is C48H61FN5O3+. The molecule has 2 saturated heterocycles. The molecule has 4 aliphatic rings. The van der Waals surface area contributed by atoms with Crippen molar-refractivity contribution in [3.63, 3.8) is 0 Å². The first-order valence-corrected chi connectivity index (χ1v) is 21.2. The van der Waals surface area contributed by atoms with Gasteiger partial charge in [0.2, 0.25) is 5.91 Å². The third kappa shape index (κ3) is 8.57. The van der Waals surface area contributed by atoms with Gasteiger partial charge in [0.25, 0.3) is 0 Å². The predicted octanol–water partition coefficient (Wildman–Crippen LogP) is 7.31. The summed E-state index contributed by atoms with van der Waals surface area (Å²) in [6.07, 6.45) is 5.68. The number of nitrogens with zero attached hydrogens (tertiary/aromatic N) is 5. The molecule has 3 aromatic carbocycles. The number of fused-ring (bicyclic) bond motifs is 2. The van der Waals surface area contributed by atoms with Gasteiger partial charge in [-0.1, -0.05) is 36.9 Å². The molecule has 4 aliphatic heterocycles. The lowest BCUT2D eigenvalue weighted by Crippen LogP contribution is -2.56. The van der Waals surface area contributed by atoms with E-state index in [9.17, 15) is 4.79 Å². The average Bonchev–Trinajstić information content (AvgIpc) is 3.47. The second kappa shape index (κ2) is 16.8. The molecular weight excluding hydrogens is 714 g/mol. The molecule has 0 spiro atoms. The first-order valence-electron chi connectivity index (χ1n) is 21.2. The molecule has 8 rings (SSSR count). The Morgan fingerprint density at radius 1 is 0.930 bits per heavy atom. The van der Waals surface area contributed by atoms with Crippen LogP contribution in [0.1, 0.15) is 63.9 Å². The van der Waals surface area contributed by atoms with Gasteiger partial charge in [-0.2, -0.15) is 0 Å². The van der Waals surface area contributed by atoms with E-state index in [0.29, 0.717) is 37.1 Å². The Hall–Kier alpha value is -4.44. The van der Waals surface area contributed by atoms with Gasteiger partial charge in [-0.05, 0) is 104 Å². The summed E-state index contributed by atoms with van der Waals surface area (Å²) in [4.78, 5) is 20.6. The Morgan fingerprint density at radius 3 is 2.44 bits per heavy atom. The number of carbonyl (C=O) groups excluding carboxylic acids is 1. The second-order valence-electron chi connectivity index (χ2n) is 17.3. The molecule has 9 heteroatoms. The number of hydrogen-bond acceptors (Lipinski definition) is 5. The third-order valence-corrected chi connectivity index (χ3v) is 13.5. The van der Waals surface area contributed by atoms with Gasteiger partial charge in [-0.3, -0.25) is 9.69 Å². The highest BCUT2D eigenvalue weighted by atomic mass is 19.1. The van der Waals surface area contributed by atoms with E-state index in [0.717, 1.165) is 80.1 Å². The highest BCUT2D eigenvalue weighted by molar-refractivity contribution is 5.82. The summed E-state index contributed by atoms with van der Waals surface area (Å²) in [5, 5.41) is 0. The average molecular weight is 775 g/mol. The van der Waals surface area contributed by atoms with Crippen LogP contribution < -0.4 is 4.74 Å². The molecule has 302 valence electrons. The van der Waals surface area contributed by atoms with Gasteiger partial charge in [0, 0.05) is 80.6 Å². The van der Waals surface area contributed by atoms with E-state index in [1.165, 1.54) is 77.6 Å². The lowest BCUT2D eigenvalue weighted by atomic mass is 9.88. The maximum Gasteiger partial charge on any atom is 0.227 e. The minimum absolute atomic E-state index is 0.0145. The van der Waals surface area contributed by atoms with Crippen molar-refractivity contribution in [2.24, 2.45) is 7.05 Å². The summed E-state index contributed by atoms with van der Waals surface area (Å²) in [6.45, 7) is 19.3. The number of rotatable bonds is 11. The summed E-state index contributed by atoms with van der Waals surface area (Å²) in [6, 6.07) is 21.2. The highest BCUT2D eigenvalue weighted by Gasteiger charge is 2.36. The minimum Gasteiger partial charge on any atom is -0.492 e. The van der Waals surface area contributed by atoms with Crippen molar-refractivity contribution in [1.82, 2.24) is 19.3 Å². The zero-order valence-corrected chi connectivity index (χ0v) is 34.6. The van der Waals surface area contributed by atoms with Crippen LogP contribution >= 0.6 is 0 Å². The molecule has 0 aliphatic carbocycles. The highest BCUT2D eigenvalue weighted by Crippen LogP contribution is 2.40. The predicted molar refractivity (Wildman–Crippen MR) is 225 cm³/mol. The maximum atomic E-state index is 15.4. The number of halogens is 1. The topological polar surface area (TPSA) is 50.2 Å². The number of hydrogen-bond donors (Lipinski definition) is 0. The normalized spacial score (nSPS) is 19.6. The lowest BCUT2D eigenvalue weighted by molar-refractivity contribution is -0.915. The lowest BCUT2D eigenvalue weighted by Gasteiger charge is -2.46. The molecule has 0 saturated carbocycles. The van der Waals surface area contributed by atoms with E-state index in [-0.39, 0.29) is 12.3 Å². The molecule has 2 fully saturated rings. The Labute approximate surface area is 339 Å². The standard InChI is InChI=1S/C48H61FN5O3/c1-34-25-47(50(4)35(34)2)45-27-38-15-16-52(48(55)29-39-13-14-43(30-46(39)49)57-24-19-51-17-22-56-23-18-51)31-41(38)28-44(45)36(3)53-32-40-12-8-7-11-37(40)26-42(53)33-54(5)20-9-6-10-21-54/h7-8,11-14,25,27-28,30,42H,3,6,9-10,15-24,26,29,31-33H2,1-2,4-5H3/q+1. The van der Waals surface area contributed by atoms with Crippen molar-refractivity contribution < 1.29 is 23.1 Å². The Kier molecular flexibility index (Phi) is 11.6. The molecule has 5 heterocycles. The Balaban J connectivity index is 1.05. The quantitative estimate of drug-likeness (QED) is 0.150. The van der Waals surface area contributed by atoms with Gasteiger partial charge < -0.3 is 28.3 Å². The van der Waals surface area contributed by atoms with Gasteiger partial charge in [0.1, 0.15) is 18.2 Å². The Bertz CT molecular complexity index is 2110. The molecule has 0 bridgehead atoms. The van der Waals surface area contributed by atoms with Gasteiger partial charge in [0.15, 0.2) is 0 Å². The first-order chi connectivity index (χ1) is 27.5. The summed E-state index contributed by atoms with van der Waals surface area (Å²) in [5.41, 5.74) is 12.7. The van der Waals surface area contributed by atoms with E-state index < -0.39 is 5.82 Å². The number of benzene rings is 3. The van der Waals surface area contributed by atoms with Crippen LogP contribution in [0.2, 0.25) is 0 Å². The minimum atomic E-state index is -0.403. The summed E-state index contributed by atoms with van der Waals surface area (Å²) in [5.74, 6) is 0.0199. The van der Waals surface area contributed by atoms with Gasteiger partial charge in [-0.15, -0.1) is 0 Å². The van der Waals surface area contributed by atoms with Crippen LogP contribution in [0.25, 0.3) is 17.0 Å². The number of quaternary nitrogens is 1. The summed E-state index contributed by atoms with van der Waals surface area (Å²) >= 11 is 0. The largest absolute Gasteiger partial charge is 0.492 e. The fraction of sp³-hybridized carbons (Fsp3) is 0.479. The van der Waals surface area contributed by atoms with Crippen molar-refractivity contribution in [2.75, 3.05) is 72.7 Å². The number of morpholine rings is 1. The van der Waals surface area contributed by atoms with Crippen LogP contribution in [0.3, 0.4) is 0 Å². The van der Waals surface area contributed by atoms with Crippen molar-refractivity contribution in [1.29, 1.82) is 0 Å². The number of carbonyl (C=O) groups is 1. The second-order valence-corrected chi connectivity index (χ2v) is 17.3. The van der Waals surface area contributed by atoms with Crippen LogP contribution in [0.4, 0.5) is 4.39 Å². The first kappa shape index (κ1) is 39.4. The molecule has 1 atom stereocenters. The Morgan fingerprint density at radius 2 is 1.70 bits per heavy atom. The summed E-state index contributed by atoms with van der Waals surface area (Å²) < 4.78 is 30.1. The van der Waals surface area contributed by atoms with E-state index in [1.807, 2.05) is 4.90 Å². The van der Waals surface area contributed by atoms with Crippen LogP contribution in [0.15, 0.2) is 67.2 Å². The number of piperidine rings is 1. The van der Waals surface area contributed by atoms with Crippen molar-refractivity contribution in [3.05, 3.63) is 118 Å². The fourth-order valence-corrected chi connectivity index (χ4v) is 9.72. The SMILES string of the molecule is C=C(c1cc2c(cc1-c1cc(C)c(C)n1C)CCN(C(=O)Cc1ccc(OCCN3CCOCC3)cc1F)C2)N1Cc2ccccc2CC1C[N+]1(C)CCCCC1. The van der Waals surface area contributed by atoms with E-state index in [2.05, 4.69) is 84.8 Å². The number of aromatic nitrogens is 1. The number of likely N-dealkylation sites (N-methyl/N-ethyl adjacent to an activating group) is 1. The van der Waals surface area contributed by atoms with Gasteiger partial charge in [0.05, 0.1) is 52.4 Å². The molecule has 8 nitrogen and oxygen atoms in total. The van der Waals surface area contributed by atoms with Crippen LogP contribution in [-0.4, -0.2) is 108 Å². The van der Waals surface area contributed by atoms with Crippen molar-refractivity contribution in [2.45, 2.75) is 71.5 Å². The monoisotopic (exact) mass is 774 g/mol. The molecule has 0 N–H and O–H groups in total. The molecule has 0 radical (unpaired) electrons. The number of ether oxygens (including phenoxy) is 2. The van der Waals surface area contributed by atoms with Gasteiger partial charge >= 0.3 is 0 Å². The summed E-state index contributed by atoms with van der Waals surface area (Å²) in [7, 11) is 4.61. The van der Waals surface area contributed by atoms with Crippen LogP contribution in [-0.2, 0) is 48.9 Å². The van der Waals surface area contributed by atoms with Crippen molar-refractivity contribution >= 4 is 11.6 Å². The molecule has 1 amide bonds. The third-order valence-electron chi connectivity index (χ3n) is 13.5.